The van der Waals surface area contributed by atoms with Crippen LogP contribution >= 0.6 is 47.0 Å². The van der Waals surface area contributed by atoms with Crippen molar-refractivity contribution in [3.8, 4) is 0 Å². The number of nitrogens with one attached hydrogen (secondary N) is 3. The minimum absolute atomic E-state index is 0.387. The summed E-state index contributed by atoms with van der Waals surface area (Å²) in [6, 6.07) is 12.7. The van der Waals surface area contributed by atoms with Gasteiger partial charge < -0.3 is 5.32 Å². The Hall–Kier alpha value is -1.20. The Kier molecular flexibility index (Phi) is 5.31. The van der Waals surface area contributed by atoms with E-state index < -0.39 is 0 Å². The van der Waals surface area contributed by atoms with Crippen molar-refractivity contribution in [1.82, 2.24) is 5.43 Å². The van der Waals surface area contributed by atoms with Crippen LogP contribution in [0.4, 0.5) is 11.4 Å². The van der Waals surface area contributed by atoms with E-state index in [1.807, 2.05) is 30.3 Å². The lowest BCUT2D eigenvalue weighted by Gasteiger charge is -2.14. The second kappa shape index (κ2) is 6.99. The first-order valence-electron chi connectivity index (χ1n) is 5.59. The van der Waals surface area contributed by atoms with E-state index in [0.29, 0.717) is 25.9 Å². The van der Waals surface area contributed by atoms with Gasteiger partial charge in [-0.25, -0.2) is 0 Å². The highest BCUT2D eigenvalue weighted by molar-refractivity contribution is 7.80. The highest BCUT2D eigenvalue weighted by Gasteiger charge is 2.07. The van der Waals surface area contributed by atoms with Gasteiger partial charge in [0.1, 0.15) is 0 Å². The van der Waals surface area contributed by atoms with Crippen LogP contribution in [0.1, 0.15) is 0 Å². The predicted octanol–water partition coefficient (Wildman–Crippen LogP) is 4.96. The van der Waals surface area contributed by atoms with Crippen LogP contribution in [-0.2, 0) is 0 Å². The molecule has 0 fully saturated rings. The van der Waals surface area contributed by atoms with E-state index in [-0.39, 0.29) is 0 Å². The standard InChI is InChI=1S/C13H10Cl3N3S/c14-8-6-10(15)12(11(16)7-8)18-19-13(20)17-9-4-2-1-3-5-9/h1-7,18H,(H2,17,19,20). The second-order valence-electron chi connectivity index (χ2n) is 3.81. The summed E-state index contributed by atoms with van der Waals surface area (Å²) in [7, 11) is 0. The molecule has 3 nitrogen and oxygen atoms in total. The molecule has 2 aromatic carbocycles. The second-order valence-corrected chi connectivity index (χ2v) is 5.47. The van der Waals surface area contributed by atoms with Gasteiger partial charge in [-0.3, -0.25) is 10.9 Å². The third-order valence-corrected chi connectivity index (χ3v) is 3.36. The number of thiocarbonyl (C=S) groups is 1. The van der Waals surface area contributed by atoms with Crippen LogP contribution in [0.3, 0.4) is 0 Å². The van der Waals surface area contributed by atoms with Crippen molar-refractivity contribution in [3.63, 3.8) is 0 Å². The van der Waals surface area contributed by atoms with Gasteiger partial charge >= 0.3 is 0 Å². The summed E-state index contributed by atoms with van der Waals surface area (Å²) in [5.41, 5.74) is 7.04. The maximum Gasteiger partial charge on any atom is 0.189 e. The molecule has 0 aliphatic heterocycles. The van der Waals surface area contributed by atoms with Crippen molar-refractivity contribution < 1.29 is 0 Å². The Bertz CT molecular complexity index is 597. The molecule has 0 aromatic heterocycles. The van der Waals surface area contributed by atoms with E-state index in [1.165, 1.54) is 0 Å². The quantitative estimate of drug-likeness (QED) is 0.542. The average Bonchev–Trinajstić information content (AvgIpc) is 2.38. The molecule has 0 aliphatic carbocycles. The number of hydrogen-bond donors (Lipinski definition) is 3. The lowest BCUT2D eigenvalue weighted by Crippen LogP contribution is -2.33. The molecule has 104 valence electrons. The molecule has 0 spiro atoms. The van der Waals surface area contributed by atoms with Gasteiger partial charge in [-0.05, 0) is 36.5 Å². The van der Waals surface area contributed by atoms with E-state index in [9.17, 15) is 0 Å². The fraction of sp³-hybridized carbons (Fsp3) is 0. The van der Waals surface area contributed by atoms with Gasteiger partial charge in [0.15, 0.2) is 5.11 Å². The summed E-state index contributed by atoms with van der Waals surface area (Å²) in [5, 5.41) is 4.66. The van der Waals surface area contributed by atoms with Crippen LogP contribution in [0.15, 0.2) is 42.5 Å². The van der Waals surface area contributed by atoms with Gasteiger partial charge in [-0.2, -0.15) is 0 Å². The number of rotatable bonds is 3. The fourth-order valence-electron chi connectivity index (χ4n) is 1.46. The summed E-state index contributed by atoms with van der Waals surface area (Å²) in [6.07, 6.45) is 0. The molecule has 2 aromatic rings. The molecule has 0 unspecified atom stereocenters. The van der Waals surface area contributed by atoms with E-state index in [2.05, 4.69) is 16.2 Å². The Balaban J connectivity index is 1.97. The number of halogens is 3. The predicted molar refractivity (Wildman–Crippen MR) is 90.9 cm³/mol. The fourth-order valence-corrected chi connectivity index (χ4v) is 2.55. The van der Waals surface area contributed by atoms with Crippen molar-refractivity contribution >= 4 is 63.5 Å². The van der Waals surface area contributed by atoms with Crippen LogP contribution < -0.4 is 16.2 Å². The molecular weight excluding hydrogens is 337 g/mol. The lowest BCUT2D eigenvalue weighted by atomic mass is 10.3. The number of anilines is 2. The minimum atomic E-state index is 0.387. The number of hydrogen-bond acceptors (Lipinski definition) is 2. The summed E-state index contributed by atoms with van der Waals surface area (Å²) in [6.45, 7) is 0. The molecule has 0 amide bonds. The SMILES string of the molecule is S=C(NNc1c(Cl)cc(Cl)cc1Cl)Nc1ccccc1. The molecular formula is C13H10Cl3N3S. The van der Waals surface area contributed by atoms with Crippen LogP contribution in [0.25, 0.3) is 0 Å². The van der Waals surface area contributed by atoms with Crippen LogP contribution in [0.5, 0.6) is 0 Å². The number of hydrazine groups is 1. The van der Waals surface area contributed by atoms with Crippen LogP contribution in [0.2, 0.25) is 15.1 Å². The smallest absolute Gasteiger partial charge is 0.189 e. The Morgan fingerprint density at radius 2 is 1.55 bits per heavy atom. The van der Waals surface area contributed by atoms with E-state index >= 15 is 0 Å². The van der Waals surface area contributed by atoms with Crippen molar-refractivity contribution in [2.24, 2.45) is 0 Å². The topological polar surface area (TPSA) is 36.1 Å². The van der Waals surface area contributed by atoms with Gasteiger partial charge in [0, 0.05) is 10.7 Å². The molecule has 0 bridgehead atoms. The van der Waals surface area contributed by atoms with Gasteiger partial charge in [0.05, 0.1) is 15.7 Å². The van der Waals surface area contributed by atoms with E-state index in [1.54, 1.807) is 12.1 Å². The first kappa shape index (κ1) is 15.2. The molecule has 0 saturated carbocycles. The highest BCUT2D eigenvalue weighted by Crippen LogP contribution is 2.33. The molecule has 0 aliphatic rings. The molecule has 2 rings (SSSR count). The van der Waals surface area contributed by atoms with Gasteiger partial charge in [-0.15, -0.1) is 0 Å². The largest absolute Gasteiger partial charge is 0.331 e. The third kappa shape index (κ3) is 4.15. The minimum Gasteiger partial charge on any atom is -0.331 e. The molecule has 0 heterocycles. The van der Waals surface area contributed by atoms with Crippen molar-refractivity contribution in [3.05, 3.63) is 57.5 Å². The van der Waals surface area contributed by atoms with Crippen LogP contribution in [0, 0.1) is 0 Å². The monoisotopic (exact) mass is 345 g/mol. The van der Waals surface area contributed by atoms with Gasteiger partial charge in [0.25, 0.3) is 0 Å². The van der Waals surface area contributed by atoms with Gasteiger partial charge in [-0.1, -0.05) is 53.0 Å². The number of benzene rings is 2. The molecule has 20 heavy (non-hydrogen) atoms. The van der Waals surface area contributed by atoms with Gasteiger partial charge in [0.2, 0.25) is 0 Å². The Labute approximate surface area is 137 Å². The maximum absolute atomic E-state index is 6.04. The lowest BCUT2D eigenvalue weighted by molar-refractivity contribution is 1.14. The zero-order valence-corrected chi connectivity index (χ0v) is 13.2. The maximum atomic E-state index is 6.04. The molecule has 0 atom stereocenters. The van der Waals surface area contributed by atoms with Crippen molar-refractivity contribution in [2.45, 2.75) is 0 Å². The third-order valence-electron chi connectivity index (χ3n) is 2.34. The Morgan fingerprint density at radius 3 is 2.15 bits per heavy atom. The summed E-state index contributed by atoms with van der Waals surface area (Å²) in [5.74, 6) is 0. The van der Waals surface area contributed by atoms with E-state index in [0.717, 1.165) is 5.69 Å². The Morgan fingerprint density at radius 1 is 0.950 bits per heavy atom. The van der Waals surface area contributed by atoms with Crippen molar-refractivity contribution in [1.29, 1.82) is 0 Å². The van der Waals surface area contributed by atoms with Crippen molar-refractivity contribution in [2.75, 3.05) is 10.7 Å². The summed E-state index contributed by atoms with van der Waals surface area (Å²) < 4.78 is 0. The highest BCUT2D eigenvalue weighted by atomic mass is 35.5. The number of para-hydroxylation sites is 1. The molecule has 3 N–H and O–H groups in total. The van der Waals surface area contributed by atoms with E-state index in [4.69, 9.17) is 47.0 Å². The normalized spacial score (nSPS) is 9.95. The zero-order chi connectivity index (χ0) is 14.5. The molecule has 0 radical (unpaired) electrons. The zero-order valence-electron chi connectivity index (χ0n) is 10.1. The first-order chi connectivity index (χ1) is 9.56. The first-order valence-corrected chi connectivity index (χ1v) is 7.13. The summed E-state index contributed by atoms with van der Waals surface area (Å²) >= 11 is 23.1. The molecule has 0 saturated heterocycles. The summed E-state index contributed by atoms with van der Waals surface area (Å²) in [4.78, 5) is 0. The molecule has 7 heteroatoms. The average molecular weight is 347 g/mol. The van der Waals surface area contributed by atoms with Crippen LogP contribution in [-0.4, -0.2) is 5.11 Å².